The number of ether oxygens (including phenoxy) is 1. The fraction of sp³-hybridized carbons (Fsp3) is 0.333. The zero-order valence-electron chi connectivity index (χ0n) is 10.4. The van der Waals surface area contributed by atoms with Crippen LogP contribution in [0.25, 0.3) is 0 Å². The molecule has 19 heavy (non-hydrogen) atoms. The molecular formula is C12H15ClN2O3S. The molecule has 0 aliphatic rings. The third-order valence-corrected chi connectivity index (χ3v) is 3.69. The Morgan fingerprint density at radius 1 is 1.47 bits per heavy atom. The zero-order valence-corrected chi connectivity index (χ0v) is 12.0. The van der Waals surface area contributed by atoms with Gasteiger partial charge in [0, 0.05) is 12.7 Å². The Morgan fingerprint density at radius 3 is 2.84 bits per heavy atom. The number of methoxy groups -OCH3 is 1. The van der Waals surface area contributed by atoms with Crippen molar-refractivity contribution < 1.29 is 13.2 Å². The fourth-order valence-corrected chi connectivity index (χ4v) is 2.46. The molecule has 0 unspecified atom stereocenters. The summed E-state index contributed by atoms with van der Waals surface area (Å²) >= 11 is 5.94. The number of nitrogens with two attached hydrogens (primary N) is 1. The Labute approximate surface area is 118 Å². The summed E-state index contributed by atoms with van der Waals surface area (Å²) in [6.07, 6.45) is 0. The summed E-state index contributed by atoms with van der Waals surface area (Å²) in [5.74, 6) is 5.35. The SMILES string of the molecule is COCCS(=O)(=O)Nc1cc(C#CCN)ccc1Cl. The molecule has 0 heterocycles. The lowest BCUT2D eigenvalue weighted by atomic mass is 10.2. The number of anilines is 1. The highest BCUT2D eigenvalue weighted by atomic mass is 35.5. The third kappa shape index (κ3) is 5.49. The summed E-state index contributed by atoms with van der Waals surface area (Å²) in [4.78, 5) is 0. The number of halogens is 1. The highest BCUT2D eigenvalue weighted by molar-refractivity contribution is 7.92. The van der Waals surface area contributed by atoms with Crippen LogP contribution >= 0.6 is 11.6 Å². The van der Waals surface area contributed by atoms with Gasteiger partial charge in [-0.1, -0.05) is 23.4 Å². The van der Waals surface area contributed by atoms with E-state index in [0.717, 1.165) is 0 Å². The molecule has 1 aromatic rings. The third-order valence-electron chi connectivity index (χ3n) is 2.12. The molecule has 0 aliphatic heterocycles. The van der Waals surface area contributed by atoms with Gasteiger partial charge < -0.3 is 10.5 Å². The van der Waals surface area contributed by atoms with Crippen molar-refractivity contribution in [3.05, 3.63) is 28.8 Å². The fourth-order valence-electron chi connectivity index (χ4n) is 1.25. The van der Waals surface area contributed by atoms with Gasteiger partial charge in [-0.2, -0.15) is 0 Å². The van der Waals surface area contributed by atoms with Crippen LogP contribution in [-0.4, -0.2) is 34.4 Å². The lowest BCUT2D eigenvalue weighted by Crippen LogP contribution is -2.19. The van der Waals surface area contributed by atoms with Gasteiger partial charge in [0.2, 0.25) is 10.0 Å². The van der Waals surface area contributed by atoms with Crippen molar-refractivity contribution in [2.45, 2.75) is 0 Å². The molecule has 0 atom stereocenters. The predicted molar refractivity (Wildman–Crippen MR) is 76.7 cm³/mol. The molecule has 0 amide bonds. The van der Waals surface area contributed by atoms with Crippen molar-refractivity contribution in [1.82, 2.24) is 0 Å². The molecule has 1 aromatic carbocycles. The predicted octanol–water partition coefficient (Wildman–Crippen LogP) is 1.04. The van der Waals surface area contributed by atoms with E-state index in [4.69, 9.17) is 22.1 Å². The van der Waals surface area contributed by atoms with Gasteiger partial charge >= 0.3 is 0 Å². The molecule has 0 saturated heterocycles. The van der Waals surface area contributed by atoms with Crippen LogP contribution in [0.3, 0.4) is 0 Å². The zero-order chi connectivity index (χ0) is 14.3. The van der Waals surface area contributed by atoms with Crippen molar-refractivity contribution in [3.63, 3.8) is 0 Å². The molecule has 0 radical (unpaired) electrons. The standard InChI is InChI=1S/C12H15ClN2O3S/c1-18-7-8-19(16,17)15-12-9-10(3-2-6-14)4-5-11(12)13/h4-5,9,15H,6-8,14H2,1H3. The van der Waals surface area contributed by atoms with E-state index in [2.05, 4.69) is 16.6 Å². The molecule has 0 aromatic heterocycles. The number of sulfonamides is 1. The van der Waals surface area contributed by atoms with Crippen LogP contribution in [0, 0.1) is 11.8 Å². The van der Waals surface area contributed by atoms with Crippen molar-refractivity contribution in [3.8, 4) is 11.8 Å². The first-order valence-electron chi connectivity index (χ1n) is 5.46. The lowest BCUT2D eigenvalue weighted by molar-refractivity contribution is 0.217. The molecular weight excluding hydrogens is 288 g/mol. The van der Waals surface area contributed by atoms with Crippen LogP contribution in [0.4, 0.5) is 5.69 Å². The van der Waals surface area contributed by atoms with Crippen LogP contribution < -0.4 is 10.5 Å². The highest BCUT2D eigenvalue weighted by Crippen LogP contribution is 2.23. The monoisotopic (exact) mass is 302 g/mol. The Bertz CT molecular complexity index is 591. The van der Waals surface area contributed by atoms with Gasteiger partial charge in [-0.3, -0.25) is 4.72 Å². The van der Waals surface area contributed by atoms with Gasteiger partial charge in [-0.25, -0.2) is 8.42 Å². The molecule has 1 rings (SSSR count). The number of rotatable bonds is 5. The molecule has 0 spiro atoms. The van der Waals surface area contributed by atoms with E-state index in [1.165, 1.54) is 7.11 Å². The van der Waals surface area contributed by atoms with Crippen molar-refractivity contribution in [2.75, 3.05) is 30.7 Å². The summed E-state index contributed by atoms with van der Waals surface area (Å²) in [6.45, 7) is 0.344. The van der Waals surface area contributed by atoms with E-state index in [1.807, 2.05) is 0 Å². The summed E-state index contributed by atoms with van der Waals surface area (Å²) < 4.78 is 30.6. The maximum Gasteiger partial charge on any atom is 0.235 e. The number of benzene rings is 1. The minimum Gasteiger partial charge on any atom is -0.384 e. The van der Waals surface area contributed by atoms with Gasteiger partial charge in [0.05, 0.1) is 29.6 Å². The van der Waals surface area contributed by atoms with Gasteiger partial charge in [-0.05, 0) is 18.2 Å². The molecule has 5 nitrogen and oxygen atoms in total. The second-order valence-corrected chi connectivity index (χ2v) is 5.86. The van der Waals surface area contributed by atoms with Gasteiger partial charge in [0.25, 0.3) is 0 Å². The lowest BCUT2D eigenvalue weighted by Gasteiger charge is -2.09. The topological polar surface area (TPSA) is 81.4 Å². The molecule has 7 heteroatoms. The summed E-state index contributed by atoms with van der Waals surface area (Å²) in [5.41, 5.74) is 6.21. The second kappa shape index (κ2) is 7.36. The second-order valence-electron chi connectivity index (χ2n) is 3.61. The van der Waals surface area contributed by atoms with E-state index in [0.29, 0.717) is 16.3 Å². The van der Waals surface area contributed by atoms with E-state index in [9.17, 15) is 8.42 Å². The van der Waals surface area contributed by atoms with Crippen LogP contribution in [-0.2, 0) is 14.8 Å². The van der Waals surface area contributed by atoms with Crippen molar-refractivity contribution in [2.24, 2.45) is 5.73 Å². The van der Waals surface area contributed by atoms with Gasteiger partial charge in [-0.15, -0.1) is 0 Å². The molecule has 104 valence electrons. The Hall–Kier alpha value is -1.26. The largest absolute Gasteiger partial charge is 0.384 e. The number of nitrogens with one attached hydrogen (secondary N) is 1. The number of hydrogen-bond acceptors (Lipinski definition) is 4. The maximum absolute atomic E-state index is 11.7. The van der Waals surface area contributed by atoms with Gasteiger partial charge in [0.1, 0.15) is 0 Å². The average molecular weight is 303 g/mol. The summed E-state index contributed by atoms with van der Waals surface area (Å²) in [5, 5.41) is 0.305. The van der Waals surface area contributed by atoms with Crippen LogP contribution in [0.15, 0.2) is 18.2 Å². The summed E-state index contributed by atoms with van der Waals surface area (Å²) in [6, 6.07) is 4.84. The molecule has 0 bridgehead atoms. The van der Waals surface area contributed by atoms with E-state index >= 15 is 0 Å². The van der Waals surface area contributed by atoms with Crippen LogP contribution in [0.5, 0.6) is 0 Å². The summed E-state index contributed by atoms with van der Waals surface area (Å²) in [7, 11) is -2.05. The minimum atomic E-state index is -3.49. The average Bonchev–Trinajstić information content (AvgIpc) is 2.37. The first kappa shape index (κ1) is 15.8. The Kier molecular flexibility index (Phi) is 6.12. The smallest absolute Gasteiger partial charge is 0.235 e. The first-order chi connectivity index (χ1) is 8.98. The molecule has 0 aliphatic carbocycles. The van der Waals surface area contributed by atoms with Gasteiger partial charge in [0.15, 0.2) is 0 Å². The maximum atomic E-state index is 11.7. The first-order valence-corrected chi connectivity index (χ1v) is 7.49. The molecule has 3 N–H and O–H groups in total. The van der Waals surface area contributed by atoms with Crippen molar-refractivity contribution >= 4 is 27.3 Å². The Balaban J connectivity index is 2.94. The molecule has 0 fully saturated rings. The van der Waals surface area contributed by atoms with E-state index < -0.39 is 10.0 Å². The van der Waals surface area contributed by atoms with Crippen molar-refractivity contribution in [1.29, 1.82) is 0 Å². The Morgan fingerprint density at radius 2 is 2.21 bits per heavy atom. The van der Waals surface area contributed by atoms with E-state index in [-0.39, 0.29) is 18.9 Å². The quantitative estimate of drug-likeness (QED) is 0.796. The highest BCUT2D eigenvalue weighted by Gasteiger charge is 2.12. The van der Waals surface area contributed by atoms with E-state index in [1.54, 1.807) is 18.2 Å². The van der Waals surface area contributed by atoms with Crippen LogP contribution in [0.2, 0.25) is 5.02 Å². The van der Waals surface area contributed by atoms with Crippen LogP contribution in [0.1, 0.15) is 5.56 Å². The normalized spacial score (nSPS) is 10.7. The number of hydrogen-bond donors (Lipinski definition) is 2. The minimum absolute atomic E-state index is 0.111. The molecule has 0 saturated carbocycles.